The standard InChI is InChI=1S/C19H42N.H2O4S.H2O/c1-5-6-7-8-9-10-11-12-13-14-15-16-17-18-19-20(2,3)4;1-5(2,3)4;/h5-19H2,1-4H3;(H2,1,2,3,4);1H2/q+1;;/p-1. The van der Waals surface area contributed by atoms with Crippen LogP contribution in [0.2, 0.25) is 0 Å². The molecule has 0 atom stereocenters. The van der Waals surface area contributed by atoms with E-state index in [1.165, 1.54) is 96.4 Å². The van der Waals surface area contributed by atoms with E-state index >= 15 is 0 Å². The molecule has 0 heterocycles. The Bertz CT molecular complexity index is 359. The van der Waals surface area contributed by atoms with Crippen LogP contribution in [-0.2, 0) is 10.4 Å². The molecule has 0 aromatic carbocycles. The molecule has 0 aromatic rings. The molecule has 0 aliphatic heterocycles. The number of rotatable bonds is 15. The number of quaternary nitrogens is 1. The van der Waals surface area contributed by atoms with Gasteiger partial charge in [-0.25, -0.2) is 8.42 Å². The van der Waals surface area contributed by atoms with Crippen molar-refractivity contribution < 1.29 is 27.5 Å². The van der Waals surface area contributed by atoms with Gasteiger partial charge < -0.3 is 14.5 Å². The maximum absolute atomic E-state index is 8.63. The molecule has 0 bridgehead atoms. The second-order valence-electron chi connectivity index (χ2n) is 8.04. The fraction of sp³-hybridized carbons (Fsp3) is 1.00. The van der Waals surface area contributed by atoms with E-state index in [0.29, 0.717) is 0 Å². The van der Waals surface area contributed by atoms with Crippen LogP contribution in [0, 0.1) is 0 Å². The van der Waals surface area contributed by atoms with E-state index < -0.39 is 10.4 Å². The van der Waals surface area contributed by atoms with Gasteiger partial charge in [-0.3, -0.25) is 4.55 Å². The van der Waals surface area contributed by atoms with Crippen molar-refractivity contribution in [3.8, 4) is 0 Å². The monoisotopic (exact) mass is 399 g/mol. The van der Waals surface area contributed by atoms with E-state index in [1.54, 1.807) is 0 Å². The molecular weight excluding hydrogens is 354 g/mol. The minimum atomic E-state index is -4.92. The summed E-state index contributed by atoms with van der Waals surface area (Å²) in [6, 6.07) is 0. The Morgan fingerprint density at radius 3 is 1.15 bits per heavy atom. The van der Waals surface area contributed by atoms with Gasteiger partial charge in [0.25, 0.3) is 0 Å². The summed E-state index contributed by atoms with van der Waals surface area (Å²) >= 11 is 0. The molecule has 6 nitrogen and oxygen atoms in total. The molecule has 0 fully saturated rings. The van der Waals surface area contributed by atoms with Gasteiger partial charge in [-0.15, -0.1) is 0 Å². The van der Waals surface area contributed by atoms with Gasteiger partial charge >= 0.3 is 0 Å². The van der Waals surface area contributed by atoms with Gasteiger partial charge in [-0.1, -0.05) is 84.0 Å². The first-order valence-corrected chi connectivity index (χ1v) is 11.4. The zero-order valence-corrected chi connectivity index (χ0v) is 18.5. The molecule has 3 N–H and O–H groups in total. The van der Waals surface area contributed by atoms with E-state index in [0.717, 1.165) is 4.48 Å². The van der Waals surface area contributed by atoms with Gasteiger partial charge in [-0.2, -0.15) is 0 Å². The quantitative estimate of drug-likeness (QED) is 0.191. The highest BCUT2D eigenvalue weighted by molar-refractivity contribution is 7.79. The summed E-state index contributed by atoms with van der Waals surface area (Å²) < 4.78 is 34.0. The number of hydrogen-bond acceptors (Lipinski definition) is 3. The molecule has 26 heavy (non-hydrogen) atoms. The van der Waals surface area contributed by atoms with E-state index in [-0.39, 0.29) is 5.48 Å². The van der Waals surface area contributed by atoms with Crippen LogP contribution in [0.3, 0.4) is 0 Å². The molecule has 0 saturated carbocycles. The first-order chi connectivity index (χ1) is 11.6. The van der Waals surface area contributed by atoms with E-state index in [9.17, 15) is 0 Å². The Kier molecular flexibility index (Phi) is 22.9. The van der Waals surface area contributed by atoms with Gasteiger partial charge in [0.2, 0.25) is 10.4 Å². The summed E-state index contributed by atoms with van der Waals surface area (Å²) in [5.41, 5.74) is 0. The van der Waals surface area contributed by atoms with Crippen molar-refractivity contribution in [2.75, 3.05) is 27.7 Å². The van der Waals surface area contributed by atoms with E-state index in [1.807, 2.05) is 0 Å². The van der Waals surface area contributed by atoms with Crippen molar-refractivity contribution in [3.05, 3.63) is 0 Å². The molecule has 0 aromatic heterocycles. The van der Waals surface area contributed by atoms with Gasteiger partial charge in [0.15, 0.2) is 0 Å². The Morgan fingerprint density at radius 1 is 0.692 bits per heavy atom. The van der Waals surface area contributed by atoms with E-state index in [4.69, 9.17) is 17.5 Å². The molecule has 0 aliphatic rings. The summed E-state index contributed by atoms with van der Waals surface area (Å²) in [7, 11) is 1.97. The third-order valence-corrected chi connectivity index (χ3v) is 4.18. The molecule has 7 heteroatoms. The highest BCUT2D eigenvalue weighted by Crippen LogP contribution is 2.13. The zero-order valence-electron chi connectivity index (χ0n) is 17.6. The molecule has 0 saturated heterocycles. The van der Waals surface area contributed by atoms with Crippen LogP contribution in [0.1, 0.15) is 96.8 Å². The Balaban J connectivity index is -0.000000772. The predicted octanol–water partition coefficient (Wildman–Crippen LogP) is 4.35. The number of nitrogens with zero attached hydrogens (tertiary/aromatic N) is 1. The smallest absolute Gasteiger partial charge is 0.215 e. The highest BCUT2D eigenvalue weighted by atomic mass is 32.3. The second kappa shape index (κ2) is 19.5. The van der Waals surface area contributed by atoms with Gasteiger partial charge in [-0.05, 0) is 12.8 Å². The molecular formula is C19H45NO5S. The zero-order chi connectivity index (χ0) is 19.6. The van der Waals surface area contributed by atoms with Gasteiger partial charge in [0, 0.05) is 0 Å². The van der Waals surface area contributed by atoms with Crippen molar-refractivity contribution in [1.29, 1.82) is 0 Å². The lowest BCUT2D eigenvalue weighted by Crippen LogP contribution is -2.35. The molecule has 0 radical (unpaired) electrons. The van der Waals surface area contributed by atoms with Crippen molar-refractivity contribution in [2.24, 2.45) is 0 Å². The van der Waals surface area contributed by atoms with Crippen molar-refractivity contribution in [1.82, 2.24) is 0 Å². The van der Waals surface area contributed by atoms with Crippen LogP contribution >= 0.6 is 0 Å². The largest absolute Gasteiger partial charge is 0.726 e. The molecule has 0 aliphatic carbocycles. The lowest BCUT2D eigenvalue weighted by Gasteiger charge is -2.23. The molecule has 0 spiro atoms. The SMILES string of the molecule is CCCCCCCCCCCCCCCC[N+](C)(C)C.O.O=S(=O)([O-])O. The first-order valence-electron chi connectivity index (χ1n) is 10.0. The number of unbranched alkanes of at least 4 members (excludes halogenated alkanes) is 13. The lowest BCUT2D eigenvalue weighted by atomic mass is 10.0. The predicted molar refractivity (Wildman–Crippen MR) is 109 cm³/mol. The Labute approximate surface area is 162 Å². The van der Waals surface area contributed by atoms with Crippen molar-refractivity contribution in [3.63, 3.8) is 0 Å². The maximum Gasteiger partial charge on any atom is 0.215 e. The topological polar surface area (TPSA) is 109 Å². The average molecular weight is 400 g/mol. The van der Waals surface area contributed by atoms with E-state index in [2.05, 4.69) is 28.1 Å². The van der Waals surface area contributed by atoms with Crippen LogP contribution in [0.15, 0.2) is 0 Å². The Morgan fingerprint density at radius 2 is 0.923 bits per heavy atom. The van der Waals surface area contributed by atoms with Crippen LogP contribution in [0.25, 0.3) is 0 Å². The Hall–Kier alpha value is -0.210. The minimum Gasteiger partial charge on any atom is -0.726 e. The van der Waals surface area contributed by atoms with Gasteiger partial charge in [0.05, 0.1) is 27.7 Å². The molecule has 0 unspecified atom stereocenters. The van der Waals surface area contributed by atoms with Gasteiger partial charge in [0.1, 0.15) is 0 Å². The average Bonchev–Trinajstić information content (AvgIpc) is 2.45. The van der Waals surface area contributed by atoms with Crippen LogP contribution in [0.5, 0.6) is 0 Å². The fourth-order valence-electron chi connectivity index (χ4n) is 2.78. The van der Waals surface area contributed by atoms with Crippen molar-refractivity contribution in [2.45, 2.75) is 96.8 Å². The fourth-order valence-corrected chi connectivity index (χ4v) is 2.78. The second-order valence-corrected chi connectivity index (χ2v) is 8.89. The highest BCUT2D eigenvalue weighted by Gasteiger charge is 2.04. The van der Waals surface area contributed by atoms with Crippen LogP contribution < -0.4 is 0 Å². The summed E-state index contributed by atoms with van der Waals surface area (Å²) in [5.74, 6) is 0. The van der Waals surface area contributed by atoms with Crippen LogP contribution in [-0.4, -0.2) is 55.2 Å². The summed E-state index contributed by atoms with van der Waals surface area (Å²) in [5, 5.41) is 0. The normalized spacial score (nSPS) is 11.5. The molecule has 0 rings (SSSR count). The van der Waals surface area contributed by atoms with Crippen molar-refractivity contribution >= 4 is 10.4 Å². The number of hydrogen-bond donors (Lipinski definition) is 1. The summed E-state index contributed by atoms with van der Waals surface area (Å²) in [6.45, 7) is 3.63. The minimum absolute atomic E-state index is 0. The third kappa shape index (κ3) is 43.8. The molecule has 162 valence electrons. The summed E-state index contributed by atoms with van der Waals surface area (Å²) in [6.07, 6.45) is 20.4. The lowest BCUT2D eigenvalue weighted by molar-refractivity contribution is -0.870. The molecule has 0 amide bonds. The maximum atomic E-state index is 8.63. The first kappa shape index (κ1) is 30.5. The summed E-state index contributed by atoms with van der Waals surface area (Å²) in [4.78, 5) is 0. The van der Waals surface area contributed by atoms with Crippen LogP contribution in [0.4, 0.5) is 0 Å². The third-order valence-electron chi connectivity index (χ3n) is 4.18.